The molecule has 0 saturated heterocycles. The molecule has 0 aromatic heterocycles. The molecule has 2 heteroatoms. The van der Waals surface area contributed by atoms with Gasteiger partial charge in [-0.05, 0) is 18.9 Å². The molecule has 0 amide bonds. The number of carbonyl (C=O) groups is 1. The Balaban J connectivity index is 2.46. The second-order valence-electron chi connectivity index (χ2n) is 3.71. The first kappa shape index (κ1) is 9.97. The molecule has 0 aliphatic carbocycles. The summed E-state index contributed by atoms with van der Waals surface area (Å²) in [4.78, 5) is 11.4. The van der Waals surface area contributed by atoms with Crippen LogP contribution in [0.1, 0.15) is 25.8 Å². The monoisotopic (exact) mass is 202 g/mol. The van der Waals surface area contributed by atoms with Crippen LogP contribution < -0.4 is 0 Å². The lowest BCUT2D eigenvalue weighted by Crippen LogP contribution is -2.09. The molecule has 0 radical (unpaired) electrons. The van der Waals surface area contributed by atoms with E-state index in [1.54, 1.807) is 0 Å². The van der Waals surface area contributed by atoms with Gasteiger partial charge < -0.3 is 4.74 Å². The van der Waals surface area contributed by atoms with E-state index in [-0.39, 0.29) is 12.1 Å². The first-order chi connectivity index (χ1) is 7.24. The van der Waals surface area contributed by atoms with E-state index in [9.17, 15) is 4.79 Å². The first-order valence-electron chi connectivity index (χ1n) is 5.21. The third-order valence-corrected chi connectivity index (χ3v) is 2.74. The van der Waals surface area contributed by atoms with E-state index in [4.69, 9.17) is 4.74 Å². The van der Waals surface area contributed by atoms with Crippen LogP contribution in [0.5, 0.6) is 0 Å². The summed E-state index contributed by atoms with van der Waals surface area (Å²) in [7, 11) is 0. The molecular weight excluding hydrogens is 188 g/mol. The lowest BCUT2D eigenvalue weighted by atomic mass is 9.96. The topological polar surface area (TPSA) is 26.3 Å². The van der Waals surface area contributed by atoms with E-state index < -0.39 is 0 Å². The van der Waals surface area contributed by atoms with E-state index in [1.165, 1.54) is 0 Å². The highest BCUT2D eigenvalue weighted by molar-refractivity contribution is 6.02. The summed E-state index contributed by atoms with van der Waals surface area (Å²) in [5, 5.41) is 0. The van der Waals surface area contributed by atoms with Crippen molar-refractivity contribution >= 4 is 11.5 Å². The summed E-state index contributed by atoms with van der Waals surface area (Å²) in [5.74, 6) is -0.180. The molecule has 1 unspecified atom stereocenters. The Morgan fingerprint density at radius 2 is 1.93 bits per heavy atom. The molecule has 0 spiro atoms. The van der Waals surface area contributed by atoms with Crippen molar-refractivity contribution in [1.29, 1.82) is 0 Å². The normalized spacial score (nSPS) is 20.7. The van der Waals surface area contributed by atoms with Gasteiger partial charge in [0, 0.05) is 11.1 Å². The molecule has 0 saturated carbocycles. The van der Waals surface area contributed by atoms with Crippen molar-refractivity contribution in [2.45, 2.75) is 26.4 Å². The number of rotatable bonds is 2. The van der Waals surface area contributed by atoms with Crippen LogP contribution in [-0.2, 0) is 9.53 Å². The summed E-state index contributed by atoms with van der Waals surface area (Å²) in [6.45, 7) is 3.86. The van der Waals surface area contributed by atoms with Gasteiger partial charge in [-0.25, -0.2) is 4.79 Å². The summed E-state index contributed by atoms with van der Waals surface area (Å²) >= 11 is 0. The minimum Gasteiger partial charge on any atom is -0.454 e. The largest absolute Gasteiger partial charge is 0.454 e. The van der Waals surface area contributed by atoms with Crippen LogP contribution in [0.2, 0.25) is 0 Å². The van der Waals surface area contributed by atoms with Crippen LogP contribution >= 0.6 is 0 Å². The molecule has 1 aliphatic heterocycles. The van der Waals surface area contributed by atoms with Crippen LogP contribution in [0.3, 0.4) is 0 Å². The quantitative estimate of drug-likeness (QED) is 0.689. The smallest absolute Gasteiger partial charge is 0.334 e. The average molecular weight is 202 g/mol. The number of carbonyl (C=O) groups excluding carboxylic acids is 1. The lowest BCUT2D eigenvalue weighted by Gasteiger charge is -2.11. The minimum absolute atomic E-state index is 0.0695. The lowest BCUT2D eigenvalue weighted by molar-refractivity contribution is -0.139. The van der Waals surface area contributed by atoms with Gasteiger partial charge in [0.15, 0.2) is 0 Å². The van der Waals surface area contributed by atoms with Gasteiger partial charge in [0.05, 0.1) is 0 Å². The minimum atomic E-state index is -0.180. The molecule has 1 heterocycles. The maximum Gasteiger partial charge on any atom is 0.334 e. The molecule has 1 atom stereocenters. The molecule has 0 N–H and O–H groups in total. The fourth-order valence-electron chi connectivity index (χ4n) is 1.94. The number of ether oxygens (including phenoxy) is 1. The highest BCUT2D eigenvalue weighted by Gasteiger charge is 2.30. The molecule has 78 valence electrons. The zero-order chi connectivity index (χ0) is 10.8. The molecule has 1 aromatic rings. The second kappa shape index (κ2) is 3.89. The van der Waals surface area contributed by atoms with E-state index in [1.807, 2.05) is 44.2 Å². The van der Waals surface area contributed by atoms with Crippen molar-refractivity contribution in [3.63, 3.8) is 0 Å². The van der Waals surface area contributed by atoms with E-state index >= 15 is 0 Å². The van der Waals surface area contributed by atoms with Crippen molar-refractivity contribution in [3.8, 4) is 0 Å². The third-order valence-electron chi connectivity index (χ3n) is 2.74. The van der Waals surface area contributed by atoms with Crippen molar-refractivity contribution in [2.24, 2.45) is 0 Å². The van der Waals surface area contributed by atoms with Crippen LogP contribution in [-0.4, -0.2) is 12.1 Å². The van der Waals surface area contributed by atoms with Gasteiger partial charge in [-0.3, -0.25) is 0 Å². The SMILES string of the molecule is CCC1OC(=O)C(C)=C1c1ccccc1. The van der Waals surface area contributed by atoms with E-state index in [2.05, 4.69) is 0 Å². The summed E-state index contributed by atoms with van der Waals surface area (Å²) in [5.41, 5.74) is 2.88. The predicted octanol–water partition coefficient (Wildman–Crippen LogP) is 2.80. The third kappa shape index (κ3) is 1.67. The van der Waals surface area contributed by atoms with E-state index in [0.717, 1.165) is 23.1 Å². The highest BCUT2D eigenvalue weighted by Crippen LogP contribution is 2.32. The maximum atomic E-state index is 11.4. The Labute approximate surface area is 89.6 Å². The Morgan fingerprint density at radius 3 is 2.53 bits per heavy atom. The average Bonchev–Trinajstić information content (AvgIpc) is 2.56. The Hall–Kier alpha value is -1.57. The molecule has 2 rings (SSSR count). The van der Waals surface area contributed by atoms with Crippen molar-refractivity contribution in [2.75, 3.05) is 0 Å². The Bertz CT molecular complexity index is 404. The molecule has 0 fully saturated rings. The fraction of sp³-hybridized carbons (Fsp3) is 0.308. The molecule has 0 bridgehead atoms. The second-order valence-corrected chi connectivity index (χ2v) is 3.71. The van der Waals surface area contributed by atoms with Crippen molar-refractivity contribution in [1.82, 2.24) is 0 Å². The first-order valence-corrected chi connectivity index (χ1v) is 5.21. The Kier molecular flexibility index (Phi) is 2.58. The van der Waals surface area contributed by atoms with Crippen LogP contribution in [0, 0.1) is 0 Å². The van der Waals surface area contributed by atoms with E-state index in [0.29, 0.717) is 0 Å². The zero-order valence-corrected chi connectivity index (χ0v) is 8.99. The number of cyclic esters (lactones) is 1. The zero-order valence-electron chi connectivity index (χ0n) is 8.99. The number of esters is 1. The standard InChI is InChI=1S/C13H14O2/c1-3-11-12(9(2)13(14)15-11)10-7-5-4-6-8-10/h4-8,11H,3H2,1-2H3. The predicted molar refractivity (Wildman–Crippen MR) is 59.2 cm³/mol. The highest BCUT2D eigenvalue weighted by atomic mass is 16.5. The van der Waals surface area contributed by atoms with Gasteiger partial charge >= 0.3 is 5.97 Å². The van der Waals surface area contributed by atoms with Crippen LogP contribution in [0.4, 0.5) is 0 Å². The molecule has 15 heavy (non-hydrogen) atoms. The van der Waals surface area contributed by atoms with Gasteiger partial charge in [0.2, 0.25) is 0 Å². The number of benzene rings is 1. The van der Waals surface area contributed by atoms with Gasteiger partial charge in [0.1, 0.15) is 6.10 Å². The number of hydrogen-bond donors (Lipinski definition) is 0. The number of hydrogen-bond acceptors (Lipinski definition) is 2. The summed E-state index contributed by atoms with van der Waals surface area (Å²) in [6, 6.07) is 9.96. The summed E-state index contributed by atoms with van der Waals surface area (Å²) < 4.78 is 5.28. The maximum absolute atomic E-state index is 11.4. The molecule has 1 aromatic carbocycles. The fourth-order valence-corrected chi connectivity index (χ4v) is 1.94. The van der Waals surface area contributed by atoms with Gasteiger partial charge in [-0.2, -0.15) is 0 Å². The van der Waals surface area contributed by atoms with Crippen molar-refractivity contribution < 1.29 is 9.53 Å². The summed E-state index contributed by atoms with van der Waals surface area (Å²) in [6.07, 6.45) is 0.757. The molecule has 2 nitrogen and oxygen atoms in total. The van der Waals surface area contributed by atoms with Gasteiger partial charge in [-0.1, -0.05) is 37.3 Å². The van der Waals surface area contributed by atoms with Crippen LogP contribution in [0.25, 0.3) is 5.57 Å². The van der Waals surface area contributed by atoms with Gasteiger partial charge in [-0.15, -0.1) is 0 Å². The Morgan fingerprint density at radius 1 is 1.27 bits per heavy atom. The van der Waals surface area contributed by atoms with Crippen molar-refractivity contribution in [3.05, 3.63) is 41.5 Å². The van der Waals surface area contributed by atoms with Crippen LogP contribution in [0.15, 0.2) is 35.9 Å². The molecular formula is C13H14O2. The molecule has 1 aliphatic rings. The van der Waals surface area contributed by atoms with Gasteiger partial charge in [0.25, 0.3) is 0 Å².